The maximum absolute atomic E-state index is 11.9. The molecular formula is C23H26N2O. The molecule has 3 heteroatoms. The van der Waals surface area contributed by atoms with E-state index in [1.165, 1.54) is 30.4 Å². The number of fused-ring (bicyclic) bond motifs is 5. The van der Waals surface area contributed by atoms with E-state index in [1.807, 2.05) is 12.3 Å². The van der Waals surface area contributed by atoms with E-state index in [0.717, 1.165) is 25.0 Å². The second-order valence-electron chi connectivity index (χ2n) is 8.97. The van der Waals surface area contributed by atoms with E-state index >= 15 is 0 Å². The predicted molar refractivity (Wildman–Crippen MR) is 102 cm³/mol. The molecule has 0 aliphatic heterocycles. The topological polar surface area (TPSA) is 42.9 Å². The quantitative estimate of drug-likeness (QED) is 0.725. The lowest BCUT2D eigenvalue weighted by Crippen LogP contribution is -2.47. The van der Waals surface area contributed by atoms with Gasteiger partial charge in [0.2, 0.25) is 0 Å². The molecule has 0 aromatic carbocycles. The van der Waals surface area contributed by atoms with Gasteiger partial charge >= 0.3 is 0 Å². The molecule has 3 nitrogen and oxygen atoms in total. The number of hydrogen-bond donors (Lipinski definition) is 0. The summed E-state index contributed by atoms with van der Waals surface area (Å²) in [4.78, 5) is 20.8. The first kappa shape index (κ1) is 16.2. The van der Waals surface area contributed by atoms with Crippen molar-refractivity contribution in [3.63, 3.8) is 0 Å². The van der Waals surface area contributed by atoms with Crippen LogP contribution in [0.3, 0.4) is 0 Å². The Hall–Kier alpha value is -2.03. The van der Waals surface area contributed by atoms with Gasteiger partial charge in [0.05, 0.1) is 11.9 Å². The van der Waals surface area contributed by atoms with Crippen LogP contribution in [0, 0.1) is 22.7 Å². The van der Waals surface area contributed by atoms with Crippen molar-refractivity contribution in [1.82, 2.24) is 9.97 Å². The summed E-state index contributed by atoms with van der Waals surface area (Å²) in [6.07, 6.45) is 18.5. The number of allylic oxidation sites excluding steroid dienone is 6. The number of aromatic nitrogens is 2. The number of carbonyl (C=O) groups excluding carboxylic acids is 1. The third-order valence-corrected chi connectivity index (χ3v) is 7.84. The molecule has 4 aliphatic rings. The Kier molecular flexibility index (Phi) is 3.41. The molecule has 0 amide bonds. The lowest BCUT2D eigenvalue weighted by molar-refractivity contribution is -0.116. The molecule has 0 saturated heterocycles. The maximum Gasteiger partial charge on any atom is 0.155 e. The van der Waals surface area contributed by atoms with Crippen molar-refractivity contribution in [2.24, 2.45) is 22.7 Å². The van der Waals surface area contributed by atoms with Crippen molar-refractivity contribution in [2.75, 3.05) is 0 Å². The Morgan fingerprint density at radius 2 is 1.96 bits per heavy atom. The van der Waals surface area contributed by atoms with Gasteiger partial charge in [-0.2, -0.15) is 0 Å². The molecular weight excluding hydrogens is 320 g/mol. The first-order valence-electron chi connectivity index (χ1n) is 9.95. The van der Waals surface area contributed by atoms with E-state index in [4.69, 9.17) is 0 Å². The van der Waals surface area contributed by atoms with E-state index in [2.05, 4.69) is 36.0 Å². The van der Waals surface area contributed by atoms with Gasteiger partial charge in [-0.3, -0.25) is 14.8 Å². The average molecular weight is 346 g/mol. The van der Waals surface area contributed by atoms with Crippen molar-refractivity contribution < 1.29 is 4.79 Å². The van der Waals surface area contributed by atoms with Crippen LogP contribution >= 0.6 is 0 Å². The Labute approximate surface area is 155 Å². The van der Waals surface area contributed by atoms with Crippen LogP contribution in [-0.2, 0) is 4.79 Å². The van der Waals surface area contributed by atoms with Gasteiger partial charge in [-0.15, -0.1) is 0 Å². The number of nitrogens with zero attached hydrogens (tertiary/aromatic N) is 2. The summed E-state index contributed by atoms with van der Waals surface area (Å²) in [6.45, 7) is 4.83. The van der Waals surface area contributed by atoms with Gasteiger partial charge in [0.25, 0.3) is 0 Å². The van der Waals surface area contributed by atoms with Gasteiger partial charge in [-0.1, -0.05) is 37.1 Å². The van der Waals surface area contributed by atoms with Crippen LogP contribution in [0.5, 0.6) is 0 Å². The minimum Gasteiger partial charge on any atom is -0.295 e. The van der Waals surface area contributed by atoms with Crippen molar-refractivity contribution in [1.29, 1.82) is 0 Å². The highest BCUT2D eigenvalue weighted by Gasteiger charge is 2.54. The fourth-order valence-corrected chi connectivity index (χ4v) is 6.36. The second kappa shape index (κ2) is 5.48. The summed E-state index contributed by atoms with van der Waals surface area (Å²) in [5.74, 6) is 1.64. The molecule has 4 aliphatic carbocycles. The molecule has 4 atom stereocenters. The standard InChI is InChI=1S/C23H26N2O/c1-22-9-7-16(26)13-15(22)3-4-17-18-5-6-20(21-14-24-11-12-25-21)23(18,2)10-8-19(17)22/h5-6,11-14,17,19H,3-4,7-10H2,1-2H3/t17-,19-,22-,23-/m0/s1. The fraction of sp³-hybridized carbons (Fsp3) is 0.522. The molecule has 0 spiro atoms. The minimum absolute atomic E-state index is 0.0965. The first-order chi connectivity index (χ1) is 12.5. The summed E-state index contributed by atoms with van der Waals surface area (Å²) in [7, 11) is 0. The molecule has 0 N–H and O–H groups in total. The molecule has 0 radical (unpaired) electrons. The van der Waals surface area contributed by atoms with Gasteiger partial charge in [0, 0.05) is 24.2 Å². The highest BCUT2D eigenvalue weighted by Crippen LogP contribution is 2.64. The minimum atomic E-state index is 0.0965. The monoisotopic (exact) mass is 346 g/mol. The molecule has 5 rings (SSSR count). The van der Waals surface area contributed by atoms with Crippen LogP contribution in [0.4, 0.5) is 0 Å². The Morgan fingerprint density at radius 1 is 1.08 bits per heavy atom. The Bertz CT molecular complexity index is 865. The third kappa shape index (κ3) is 2.09. The average Bonchev–Trinajstić information content (AvgIpc) is 3.00. The van der Waals surface area contributed by atoms with Crippen LogP contribution in [0.25, 0.3) is 5.57 Å². The summed E-state index contributed by atoms with van der Waals surface area (Å²) in [5, 5.41) is 0. The van der Waals surface area contributed by atoms with E-state index in [1.54, 1.807) is 18.0 Å². The third-order valence-electron chi connectivity index (χ3n) is 7.84. The zero-order valence-corrected chi connectivity index (χ0v) is 15.7. The van der Waals surface area contributed by atoms with Crippen LogP contribution in [0.2, 0.25) is 0 Å². The van der Waals surface area contributed by atoms with Gasteiger partial charge in [-0.05, 0) is 61.0 Å². The summed E-state index contributed by atoms with van der Waals surface area (Å²) >= 11 is 0. The maximum atomic E-state index is 11.9. The van der Waals surface area contributed by atoms with Crippen LogP contribution in [-0.4, -0.2) is 15.8 Å². The molecule has 134 valence electrons. The highest BCUT2D eigenvalue weighted by molar-refractivity contribution is 5.91. The van der Waals surface area contributed by atoms with Crippen LogP contribution in [0.1, 0.15) is 58.1 Å². The lowest BCUT2D eigenvalue weighted by atomic mass is 9.48. The molecule has 1 aromatic rings. The smallest absolute Gasteiger partial charge is 0.155 e. The summed E-state index contributed by atoms with van der Waals surface area (Å²) < 4.78 is 0. The number of ketones is 1. The van der Waals surface area contributed by atoms with Crippen molar-refractivity contribution >= 4 is 11.4 Å². The van der Waals surface area contributed by atoms with Gasteiger partial charge in [-0.25, -0.2) is 0 Å². The first-order valence-corrected chi connectivity index (χ1v) is 9.95. The van der Waals surface area contributed by atoms with E-state index in [0.29, 0.717) is 17.6 Å². The van der Waals surface area contributed by atoms with Crippen molar-refractivity contribution in [3.8, 4) is 0 Å². The van der Waals surface area contributed by atoms with E-state index in [-0.39, 0.29) is 10.8 Å². The van der Waals surface area contributed by atoms with Crippen molar-refractivity contribution in [2.45, 2.75) is 52.4 Å². The zero-order valence-electron chi connectivity index (χ0n) is 15.7. The number of carbonyl (C=O) groups is 1. The van der Waals surface area contributed by atoms with Crippen LogP contribution < -0.4 is 0 Å². The molecule has 1 aromatic heterocycles. The van der Waals surface area contributed by atoms with E-state index < -0.39 is 0 Å². The molecule has 26 heavy (non-hydrogen) atoms. The van der Waals surface area contributed by atoms with Gasteiger partial charge in [0.1, 0.15) is 0 Å². The zero-order chi connectivity index (χ0) is 17.9. The lowest BCUT2D eigenvalue weighted by Gasteiger charge is -2.56. The largest absolute Gasteiger partial charge is 0.295 e. The second-order valence-corrected chi connectivity index (χ2v) is 8.97. The molecule has 0 unspecified atom stereocenters. The molecule has 2 fully saturated rings. The van der Waals surface area contributed by atoms with Crippen LogP contribution in [0.15, 0.2) is 48.0 Å². The van der Waals surface area contributed by atoms with Gasteiger partial charge < -0.3 is 0 Å². The SMILES string of the molecule is C[C@]12CC[C@H]3[C@@H](CCC4=CC(=O)CC[C@@]43C)C1=CC=C2c1cnccn1. The highest BCUT2D eigenvalue weighted by atomic mass is 16.1. The Morgan fingerprint density at radius 3 is 2.77 bits per heavy atom. The normalized spacial score (nSPS) is 38.5. The van der Waals surface area contributed by atoms with Gasteiger partial charge in [0.15, 0.2) is 5.78 Å². The predicted octanol–water partition coefficient (Wildman–Crippen LogP) is 4.92. The summed E-state index contributed by atoms with van der Waals surface area (Å²) in [5.41, 5.74) is 5.70. The Balaban J connectivity index is 1.50. The van der Waals surface area contributed by atoms with Crippen molar-refractivity contribution in [3.05, 3.63) is 53.7 Å². The summed E-state index contributed by atoms with van der Waals surface area (Å²) in [6, 6.07) is 0. The molecule has 1 heterocycles. The molecule has 0 bridgehead atoms. The van der Waals surface area contributed by atoms with E-state index in [9.17, 15) is 4.79 Å². The fourth-order valence-electron chi connectivity index (χ4n) is 6.36. The number of rotatable bonds is 1. The number of hydrogen-bond acceptors (Lipinski definition) is 3. The molecule has 2 saturated carbocycles.